The number of hydrogen-bond donors (Lipinski definition) is 0. The van der Waals surface area contributed by atoms with Gasteiger partial charge in [-0.1, -0.05) is 36.4 Å². The Labute approximate surface area is 178 Å². The van der Waals surface area contributed by atoms with E-state index in [1.807, 2.05) is 67.2 Å². The van der Waals surface area contributed by atoms with E-state index in [4.69, 9.17) is 12.6 Å². The van der Waals surface area contributed by atoms with Crippen LogP contribution in [-0.2, 0) is 7.05 Å². The van der Waals surface area contributed by atoms with Crippen molar-refractivity contribution in [2.24, 2.45) is 7.05 Å². The van der Waals surface area contributed by atoms with Crippen LogP contribution >= 0.6 is 0 Å². The van der Waals surface area contributed by atoms with Gasteiger partial charge in [-0.2, -0.15) is 0 Å². The lowest BCUT2D eigenvalue weighted by Crippen LogP contribution is -2.31. The SMILES string of the molecule is [2H]C([2H])([2H])c1ccc2c(n1)oc1c(-c3ccc(-c4ccccc4)c[n+]3C)c(C)cc(C([2H])([2H])[2H])c12. The van der Waals surface area contributed by atoms with E-state index in [9.17, 15) is 0 Å². The van der Waals surface area contributed by atoms with Crippen LogP contribution in [0.15, 0.2) is 71.3 Å². The predicted molar refractivity (Wildman–Crippen MR) is 118 cm³/mol. The molecule has 0 bridgehead atoms. The lowest BCUT2D eigenvalue weighted by Gasteiger charge is -2.09. The second-order valence-electron chi connectivity index (χ2n) is 7.25. The van der Waals surface area contributed by atoms with E-state index in [2.05, 4.69) is 4.98 Å². The molecular weight excluding hydrogens is 356 g/mol. The van der Waals surface area contributed by atoms with Gasteiger partial charge in [-0.05, 0) is 55.5 Å². The van der Waals surface area contributed by atoms with E-state index in [1.165, 1.54) is 6.07 Å². The molecule has 5 aromatic rings. The lowest BCUT2D eigenvalue weighted by molar-refractivity contribution is -0.659. The van der Waals surface area contributed by atoms with Gasteiger partial charge >= 0.3 is 0 Å². The number of rotatable bonds is 2. The molecule has 0 unspecified atom stereocenters. The largest absolute Gasteiger partial charge is 0.437 e. The van der Waals surface area contributed by atoms with Crippen molar-refractivity contribution in [3.05, 3.63) is 83.7 Å². The maximum absolute atomic E-state index is 8.12. The fourth-order valence-corrected chi connectivity index (χ4v) is 3.95. The molecule has 0 spiro atoms. The lowest BCUT2D eigenvalue weighted by atomic mass is 9.96. The summed E-state index contributed by atoms with van der Waals surface area (Å²) in [7, 11) is 1.93. The molecule has 0 N–H and O–H groups in total. The maximum atomic E-state index is 8.12. The highest BCUT2D eigenvalue weighted by Crippen LogP contribution is 2.38. The summed E-state index contributed by atoms with van der Waals surface area (Å²) in [5, 5.41) is 0.904. The number of aryl methyl sites for hydroxylation is 4. The van der Waals surface area contributed by atoms with Crippen molar-refractivity contribution in [2.45, 2.75) is 20.6 Å². The first kappa shape index (κ1) is 12.2. The van der Waals surface area contributed by atoms with Crippen LogP contribution in [0.4, 0.5) is 0 Å². The Morgan fingerprint density at radius 3 is 2.55 bits per heavy atom. The first-order valence-corrected chi connectivity index (χ1v) is 9.38. The number of aromatic nitrogens is 2. The quantitative estimate of drug-likeness (QED) is 0.345. The third-order valence-corrected chi connectivity index (χ3v) is 5.30. The summed E-state index contributed by atoms with van der Waals surface area (Å²) in [4.78, 5) is 4.23. The Balaban J connectivity index is 1.81. The standard InChI is InChI=1S/C26H23N2O/c1-16-14-17(2)24(25-23(16)21-12-10-18(3)27-26(21)29-25)22-13-11-20(15-28(22)4)19-8-6-5-7-9-19/h5-15H,1-4H3/q+1/i1D3,3D3. The van der Waals surface area contributed by atoms with Gasteiger partial charge in [-0.15, -0.1) is 0 Å². The van der Waals surface area contributed by atoms with Crippen molar-refractivity contribution in [3.8, 4) is 22.4 Å². The molecule has 0 atom stereocenters. The highest BCUT2D eigenvalue weighted by molar-refractivity contribution is 6.10. The molecule has 0 amide bonds. The minimum atomic E-state index is -2.40. The van der Waals surface area contributed by atoms with Gasteiger partial charge in [0.2, 0.25) is 11.4 Å². The van der Waals surface area contributed by atoms with Gasteiger partial charge in [0.15, 0.2) is 11.8 Å². The third kappa shape index (κ3) is 2.82. The van der Waals surface area contributed by atoms with Crippen molar-refractivity contribution in [1.29, 1.82) is 0 Å². The van der Waals surface area contributed by atoms with Gasteiger partial charge in [-0.3, -0.25) is 0 Å². The molecule has 142 valence electrons. The van der Waals surface area contributed by atoms with E-state index in [0.29, 0.717) is 16.4 Å². The predicted octanol–water partition coefficient (Wildman–Crippen LogP) is 6.06. The molecule has 3 nitrogen and oxygen atoms in total. The molecule has 3 heteroatoms. The van der Waals surface area contributed by atoms with Crippen molar-refractivity contribution in [2.75, 3.05) is 0 Å². The first-order chi connectivity index (χ1) is 16.4. The van der Waals surface area contributed by atoms with Gasteiger partial charge in [0.25, 0.3) is 0 Å². The fraction of sp³-hybridized carbons (Fsp3) is 0.154. The van der Waals surface area contributed by atoms with Crippen LogP contribution in [0.5, 0.6) is 0 Å². The zero-order valence-electron chi connectivity index (χ0n) is 22.2. The monoisotopic (exact) mass is 385 g/mol. The van der Waals surface area contributed by atoms with Crippen LogP contribution in [0.25, 0.3) is 44.5 Å². The van der Waals surface area contributed by atoms with E-state index >= 15 is 0 Å². The molecule has 0 aliphatic rings. The van der Waals surface area contributed by atoms with Crippen LogP contribution in [0.1, 0.15) is 25.0 Å². The Morgan fingerprint density at radius 2 is 1.79 bits per heavy atom. The molecular formula is C26H23N2O+. The molecule has 0 saturated carbocycles. The average Bonchev–Trinajstić information content (AvgIpc) is 3.16. The van der Waals surface area contributed by atoms with Gasteiger partial charge in [0.1, 0.15) is 7.05 Å². The minimum Gasteiger partial charge on any atom is -0.437 e. The van der Waals surface area contributed by atoms with Crippen molar-refractivity contribution >= 4 is 22.1 Å². The second kappa shape index (κ2) is 6.56. The van der Waals surface area contributed by atoms with Crippen LogP contribution in [0.2, 0.25) is 0 Å². The number of fused-ring (bicyclic) bond motifs is 3. The van der Waals surface area contributed by atoms with Gasteiger partial charge in [-0.25, -0.2) is 9.55 Å². The summed E-state index contributed by atoms with van der Waals surface area (Å²) in [6.45, 7) is -2.94. The number of nitrogens with zero attached hydrogens (tertiary/aromatic N) is 2. The molecule has 0 aliphatic heterocycles. The van der Waals surface area contributed by atoms with Crippen LogP contribution in [-0.4, -0.2) is 4.98 Å². The maximum Gasteiger partial charge on any atom is 0.227 e. The Morgan fingerprint density at radius 1 is 0.931 bits per heavy atom. The summed E-state index contributed by atoms with van der Waals surface area (Å²) in [6, 6.07) is 18.7. The first-order valence-electron chi connectivity index (χ1n) is 12.4. The van der Waals surface area contributed by atoms with Crippen LogP contribution in [0.3, 0.4) is 0 Å². The van der Waals surface area contributed by atoms with Gasteiger partial charge in [0, 0.05) is 36.3 Å². The van der Waals surface area contributed by atoms with Crippen molar-refractivity contribution < 1.29 is 17.2 Å². The molecule has 0 fully saturated rings. The summed E-state index contributed by atoms with van der Waals surface area (Å²) in [6.07, 6.45) is 2.02. The molecule has 0 radical (unpaired) electrons. The van der Waals surface area contributed by atoms with Gasteiger partial charge in [0.05, 0.1) is 5.56 Å². The second-order valence-corrected chi connectivity index (χ2v) is 7.25. The number of benzene rings is 2. The van der Waals surface area contributed by atoms with E-state index in [0.717, 1.165) is 27.9 Å². The van der Waals surface area contributed by atoms with Crippen molar-refractivity contribution in [3.63, 3.8) is 0 Å². The summed E-state index contributed by atoms with van der Waals surface area (Å²) >= 11 is 0. The highest BCUT2D eigenvalue weighted by Gasteiger charge is 2.23. The molecule has 29 heavy (non-hydrogen) atoms. The third-order valence-electron chi connectivity index (χ3n) is 5.30. The van der Waals surface area contributed by atoms with Gasteiger partial charge < -0.3 is 4.42 Å². The zero-order chi connectivity index (χ0) is 25.1. The summed E-state index contributed by atoms with van der Waals surface area (Å²) < 4.78 is 55.6. The zero-order valence-corrected chi connectivity index (χ0v) is 16.2. The molecule has 2 aromatic carbocycles. The molecule has 3 aromatic heterocycles. The molecule has 0 aliphatic carbocycles. The smallest absolute Gasteiger partial charge is 0.227 e. The Hall–Kier alpha value is -3.46. The Kier molecular flexibility index (Phi) is 2.75. The topological polar surface area (TPSA) is 29.9 Å². The Bertz CT molecular complexity index is 1580. The highest BCUT2D eigenvalue weighted by atomic mass is 16.3. The van der Waals surface area contributed by atoms with E-state index in [1.54, 1.807) is 12.1 Å². The number of pyridine rings is 2. The van der Waals surface area contributed by atoms with Crippen LogP contribution in [0, 0.1) is 20.6 Å². The summed E-state index contributed by atoms with van der Waals surface area (Å²) in [5.41, 5.74) is 4.97. The fourth-order valence-electron chi connectivity index (χ4n) is 3.95. The van der Waals surface area contributed by atoms with E-state index in [-0.39, 0.29) is 17.0 Å². The normalized spacial score (nSPS) is 15.4. The number of furan rings is 1. The molecule has 5 rings (SSSR count). The summed E-state index contributed by atoms with van der Waals surface area (Å²) in [5.74, 6) is 0. The minimum absolute atomic E-state index is 0.101. The molecule has 3 heterocycles. The number of hydrogen-bond acceptors (Lipinski definition) is 2. The average molecular weight is 386 g/mol. The van der Waals surface area contributed by atoms with Crippen molar-refractivity contribution in [1.82, 2.24) is 4.98 Å². The van der Waals surface area contributed by atoms with E-state index < -0.39 is 13.7 Å². The van der Waals surface area contributed by atoms with Crippen LogP contribution < -0.4 is 4.57 Å². The molecule has 0 saturated heterocycles.